The van der Waals surface area contributed by atoms with Gasteiger partial charge in [0.05, 0.1) is 12.2 Å². The summed E-state index contributed by atoms with van der Waals surface area (Å²) in [5.41, 5.74) is 1.06. The fourth-order valence-corrected chi connectivity index (χ4v) is 10.3. The van der Waals surface area contributed by atoms with Crippen molar-refractivity contribution in [3.8, 4) is 0 Å². The third kappa shape index (κ3) is 6.71. The summed E-state index contributed by atoms with van der Waals surface area (Å²) in [7, 11) is -1.71. The van der Waals surface area contributed by atoms with Gasteiger partial charge in [-0.05, 0) is 107 Å². The minimum absolute atomic E-state index is 0.0308. The van der Waals surface area contributed by atoms with Crippen LogP contribution in [-0.4, -0.2) is 32.7 Å². The van der Waals surface area contributed by atoms with Gasteiger partial charge in [-0.15, -0.1) is 0 Å². The first kappa shape index (κ1) is 28.6. The van der Waals surface area contributed by atoms with Gasteiger partial charge in [-0.1, -0.05) is 40.2 Å². The summed E-state index contributed by atoms with van der Waals surface area (Å²) >= 11 is 0. The van der Waals surface area contributed by atoms with Crippen molar-refractivity contribution in [2.75, 3.05) is 6.61 Å². The first-order chi connectivity index (χ1) is 15.5. The van der Waals surface area contributed by atoms with Gasteiger partial charge in [-0.25, -0.2) is 9.18 Å². The van der Waals surface area contributed by atoms with Gasteiger partial charge in [0.1, 0.15) is 6.17 Å². The highest BCUT2D eigenvalue weighted by Crippen LogP contribution is 2.60. The Hall–Kier alpha value is -0.683. The molecule has 0 aromatic heterocycles. The Morgan fingerprint density at radius 2 is 1.85 bits per heavy atom. The van der Waals surface area contributed by atoms with Gasteiger partial charge in [0.15, 0.2) is 8.32 Å². The molecule has 2 aliphatic rings. The fraction of sp³-hybridized carbons (Fsp3) is 0.893. The summed E-state index contributed by atoms with van der Waals surface area (Å²) in [5, 5.41) is 0. The highest BCUT2D eigenvalue weighted by atomic mass is 28.4. The van der Waals surface area contributed by atoms with E-state index in [1.807, 2.05) is 6.92 Å². The van der Waals surface area contributed by atoms with Crippen LogP contribution >= 0.6 is 0 Å². The van der Waals surface area contributed by atoms with Gasteiger partial charge in [-0.2, -0.15) is 0 Å². The maximum atomic E-state index is 15.7. The number of esters is 1. The van der Waals surface area contributed by atoms with Crippen LogP contribution in [0.1, 0.15) is 100 Å². The summed E-state index contributed by atoms with van der Waals surface area (Å²) in [5.74, 6) is 0.566. The molecular formula is C28H51FO3Si. The first-order valence-corrected chi connectivity index (χ1v) is 16.2. The number of carbonyl (C=O) groups is 1. The first-order valence-electron chi connectivity index (χ1n) is 13.7. The molecule has 5 heteroatoms. The number of alkyl halides is 1. The minimum Gasteiger partial charge on any atom is -0.463 e. The van der Waals surface area contributed by atoms with Gasteiger partial charge in [0.2, 0.25) is 0 Å². The average Bonchev–Trinajstić information content (AvgIpc) is 3.13. The standard InChI is InChI=1S/C28H51FO3Si/c1-9-31-26(30)20-22-14-13-18-28(8)23(15-16-24(22)28)21(5)25(29)17-19-27(6,7)32-33(10-2,11-3)12-4/h20-21,23-25H,9-19H2,1-8H3/t21-,23+,24-,25-,28+/m0/s1. The van der Waals surface area contributed by atoms with Crippen molar-refractivity contribution in [1.82, 2.24) is 0 Å². The summed E-state index contributed by atoms with van der Waals surface area (Å²) < 4.78 is 27.6. The predicted molar refractivity (Wildman–Crippen MR) is 139 cm³/mol. The van der Waals surface area contributed by atoms with Crippen LogP contribution in [0.2, 0.25) is 18.1 Å². The number of halogens is 1. The van der Waals surface area contributed by atoms with Crippen molar-refractivity contribution in [3.05, 3.63) is 11.6 Å². The number of ether oxygens (including phenoxy) is 1. The van der Waals surface area contributed by atoms with Crippen LogP contribution in [0.25, 0.3) is 0 Å². The monoisotopic (exact) mass is 482 g/mol. The molecule has 0 saturated heterocycles. The van der Waals surface area contributed by atoms with Crippen molar-refractivity contribution >= 4 is 14.3 Å². The summed E-state index contributed by atoms with van der Waals surface area (Å²) in [6.07, 6.45) is 7.58. The lowest BCUT2D eigenvalue weighted by Gasteiger charge is -2.45. The molecule has 0 bridgehead atoms. The van der Waals surface area contributed by atoms with Crippen LogP contribution in [-0.2, 0) is 14.0 Å². The normalized spacial score (nSPS) is 29.1. The van der Waals surface area contributed by atoms with Gasteiger partial charge in [-0.3, -0.25) is 0 Å². The Kier molecular flexibility index (Phi) is 10.2. The molecule has 0 aliphatic heterocycles. The number of allylic oxidation sites excluding steroid dienone is 1. The second-order valence-corrected chi connectivity index (χ2v) is 16.3. The summed E-state index contributed by atoms with van der Waals surface area (Å²) in [4.78, 5) is 12.1. The van der Waals surface area contributed by atoms with Crippen molar-refractivity contribution < 1.29 is 18.3 Å². The van der Waals surface area contributed by atoms with Crippen molar-refractivity contribution in [1.29, 1.82) is 0 Å². The van der Waals surface area contributed by atoms with Crippen LogP contribution in [0.3, 0.4) is 0 Å². The molecule has 5 atom stereocenters. The van der Waals surface area contributed by atoms with E-state index < -0.39 is 14.5 Å². The maximum Gasteiger partial charge on any atom is 0.330 e. The second kappa shape index (κ2) is 11.8. The van der Waals surface area contributed by atoms with Gasteiger partial charge in [0.25, 0.3) is 0 Å². The average molecular weight is 483 g/mol. The molecule has 0 aromatic rings. The van der Waals surface area contributed by atoms with Crippen molar-refractivity contribution in [2.45, 2.75) is 130 Å². The van der Waals surface area contributed by atoms with Gasteiger partial charge < -0.3 is 9.16 Å². The van der Waals surface area contributed by atoms with Crippen molar-refractivity contribution in [3.63, 3.8) is 0 Å². The number of rotatable bonds is 12. The zero-order chi connectivity index (χ0) is 24.9. The molecule has 0 heterocycles. The molecule has 0 radical (unpaired) electrons. The summed E-state index contributed by atoms with van der Waals surface area (Å²) in [6.45, 7) is 17.8. The number of carbonyl (C=O) groups excluding carboxylic acids is 1. The van der Waals surface area contributed by atoms with E-state index in [0.29, 0.717) is 24.9 Å². The van der Waals surface area contributed by atoms with E-state index in [-0.39, 0.29) is 22.9 Å². The zero-order valence-corrected chi connectivity index (χ0v) is 23.8. The Bertz CT molecular complexity index is 664. The highest BCUT2D eigenvalue weighted by molar-refractivity contribution is 6.73. The Morgan fingerprint density at radius 1 is 1.21 bits per heavy atom. The molecule has 3 nitrogen and oxygen atoms in total. The van der Waals surface area contributed by atoms with Crippen LogP contribution < -0.4 is 0 Å². The van der Waals surface area contributed by atoms with Gasteiger partial charge >= 0.3 is 5.97 Å². The summed E-state index contributed by atoms with van der Waals surface area (Å²) in [6, 6.07) is 3.38. The Labute approximate surface area is 204 Å². The van der Waals surface area contributed by atoms with E-state index in [4.69, 9.17) is 9.16 Å². The molecule has 0 amide bonds. The third-order valence-electron chi connectivity index (χ3n) is 9.28. The molecule has 0 spiro atoms. The van der Waals surface area contributed by atoms with E-state index in [9.17, 15) is 4.79 Å². The molecule has 2 aliphatic carbocycles. The quantitative estimate of drug-likeness (QED) is 0.160. The molecule has 192 valence electrons. The zero-order valence-electron chi connectivity index (χ0n) is 22.8. The minimum atomic E-state index is -1.71. The molecule has 2 fully saturated rings. The Balaban J connectivity index is 2.04. The van der Waals surface area contributed by atoms with Crippen LogP contribution in [0, 0.1) is 23.2 Å². The lowest BCUT2D eigenvalue weighted by molar-refractivity contribution is -0.137. The van der Waals surface area contributed by atoms with Crippen LogP contribution in [0.4, 0.5) is 4.39 Å². The number of hydrogen-bond donors (Lipinski definition) is 0. The highest BCUT2D eigenvalue weighted by Gasteiger charge is 2.52. The fourth-order valence-electron chi connectivity index (χ4n) is 7.06. The second-order valence-electron chi connectivity index (χ2n) is 11.6. The van der Waals surface area contributed by atoms with E-state index in [1.54, 1.807) is 6.08 Å². The maximum absolute atomic E-state index is 15.7. The molecule has 2 rings (SSSR count). The van der Waals surface area contributed by atoms with E-state index >= 15 is 4.39 Å². The van der Waals surface area contributed by atoms with Gasteiger partial charge in [0, 0.05) is 6.08 Å². The SMILES string of the molecule is CCOC(=O)C=C1CCC[C@]2(C)[C@@H]([C@H](C)[C@@H](F)CCC(C)(C)O[Si](CC)(CC)CC)CC[C@@H]12. The molecule has 2 saturated carbocycles. The van der Waals surface area contributed by atoms with Crippen molar-refractivity contribution in [2.24, 2.45) is 23.2 Å². The smallest absolute Gasteiger partial charge is 0.330 e. The van der Waals surface area contributed by atoms with E-state index in [0.717, 1.165) is 56.7 Å². The van der Waals surface area contributed by atoms with Crippen LogP contribution in [0.15, 0.2) is 11.6 Å². The lowest BCUT2D eigenvalue weighted by atomic mass is 9.60. The molecule has 33 heavy (non-hydrogen) atoms. The Morgan fingerprint density at radius 3 is 2.42 bits per heavy atom. The topological polar surface area (TPSA) is 35.5 Å². The lowest BCUT2D eigenvalue weighted by Crippen LogP contribution is -2.45. The molecule has 0 aromatic carbocycles. The third-order valence-corrected chi connectivity index (χ3v) is 14.1. The van der Waals surface area contributed by atoms with E-state index in [1.165, 1.54) is 5.57 Å². The molecule has 0 N–H and O–H groups in total. The largest absolute Gasteiger partial charge is 0.463 e. The number of fused-ring (bicyclic) bond motifs is 1. The number of hydrogen-bond acceptors (Lipinski definition) is 3. The van der Waals surface area contributed by atoms with E-state index in [2.05, 4.69) is 48.5 Å². The molecular weight excluding hydrogens is 431 g/mol. The predicted octanol–water partition coefficient (Wildman–Crippen LogP) is 8.25. The molecule has 0 unspecified atom stereocenters. The van der Waals surface area contributed by atoms with Crippen LogP contribution in [0.5, 0.6) is 0 Å².